The molecule has 0 aromatic rings. The molecule has 4 nitrogen and oxygen atoms in total. The summed E-state index contributed by atoms with van der Waals surface area (Å²) in [5.74, 6) is 0.551. The van der Waals surface area contributed by atoms with Crippen LogP contribution >= 0.6 is 0 Å². The van der Waals surface area contributed by atoms with Crippen molar-refractivity contribution in [3.63, 3.8) is 0 Å². The minimum Gasteiger partial charge on any atom is -0.355 e. The third-order valence-corrected chi connectivity index (χ3v) is 2.08. The van der Waals surface area contributed by atoms with Gasteiger partial charge in [-0.1, -0.05) is 13.8 Å². The van der Waals surface area contributed by atoms with Gasteiger partial charge < -0.3 is 16.8 Å². The van der Waals surface area contributed by atoms with Crippen molar-refractivity contribution in [2.75, 3.05) is 13.1 Å². The van der Waals surface area contributed by atoms with Crippen molar-refractivity contribution in [1.82, 2.24) is 5.32 Å². The zero-order valence-electron chi connectivity index (χ0n) is 9.25. The molecule has 0 saturated heterocycles. The van der Waals surface area contributed by atoms with E-state index in [-0.39, 0.29) is 5.91 Å². The summed E-state index contributed by atoms with van der Waals surface area (Å²) < 4.78 is 0. The van der Waals surface area contributed by atoms with Gasteiger partial charge in [-0.25, -0.2) is 0 Å². The molecule has 84 valence electrons. The van der Waals surface area contributed by atoms with E-state index in [1.165, 1.54) is 0 Å². The van der Waals surface area contributed by atoms with Crippen LogP contribution in [0.15, 0.2) is 0 Å². The lowest BCUT2D eigenvalue weighted by Gasteiger charge is -2.12. The molecule has 0 unspecified atom stereocenters. The van der Waals surface area contributed by atoms with E-state index < -0.39 is 6.04 Å². The Morgan fingerprint density at radius 2 is 2.00 bits per heavy atom. The highest BCUT2D eigenvalue weighted by Gasteiger charge is 2.11. The van der Waals surface area contributed by atoms with Gasteiger partial charge in [-0.15, -0.1) is 0 Å². The predicted octanol–water partition coefficient (Wildman–Crippen LogP) is 0.215. The molecule has 0 aromatic carbocycles. The lowest BCUT2D eigenvalue weighted by atomic mass is 10.1. The summed E-state index contributed by atoms with van der Waals surface area (Å²) >= 11 is 0. The normalized spacial score (nSPS) is 12.9. The zero-order chi connectivity index (χ0) is 11.0. The van der Waals surface area contributed by atoms with Crippen LogP contribution in [0, 0.1) is 5.92 Å². The largest absolute Gasteiger partial charge is 0.355 e. The fourth-order valence-electron chi connectivity index (χ4n) is 1.08. The molecule has 0 aliphatic carbocycles. The predicted molar refractivity (Wildman–Crippen MR) is 58.7 cm³/mol. The second kappa shape index (κ2) is 7.76. The standard InChI is InChI=1S/C10H23N3O/c1-8(2)5-7-13-10(14)9(12)4-3-6-11/h8-9H,3-7,11-12H2,1-2H3,(H,13,14)/t9-/m1/s1. The van der Waals surface area contributed by atoms with E-state index in [9.17, 15) is 4.79 Å². The summed E-state index contributed by atoms with van der Waals surface area (Å²) in [5.41, 5.74) is 11.0. The summed E-state index contributed by atoms with van der Waals surface area (Å²) in [7, 11) is 0. The van der Waals surface area contributed by atoms with Crippen molar-refractivity contribution in [3.8, 4) is 0 Å². The van der Waals surface area contributed by atoms with Crippen LogP contribution in [-0.2, 0) is 4.79 Å². The van der Waals surface area contributed by atoms with E-state index in [1.54, 1.807) is 0 Å². The topological polar surface area (TPSA) is 81.1 Å². The van der Waals surface area contributed by atoms with E-state index in [2.05, 4.69) is 19.2 Å². The summed E-state index contributed by atoms with van der Waals surface area (Å²) in [6.45, 7) is 5.56. The molecule has 0 bridgehead atoms. The number of amides is 1. The van der Waals surface area contributed by atoms with Crippen molar-refractivity contribution in [2.45, 2.75) is 39.2 Å². The van der Waals surface area contributed by atoms with E-state index in [0.717, 1.165) is 12.8 Å². The van der Waals surface area contributed by atoms with Crippen LogP contribution in [0.25, 0.3) is 0 Å². The lowest BCUT2D eigenvalue weighted by molar-refractivity contribution is -0.122. The van der Waals surface area contributed by atoms with E-state index >= 15 is 0 Å². The Morgan fingerprint density at radius 1 is 1.36 bits per heavy atom. The molecule has 4 heteroatoms. The molecule has 14 heavy (non-hydrogen) atoms. The minimum atomic E-state index is -0.397. The smallest absolute Gasteiger partial charge is 0.236 e. The highest BCUT2D eigenvalue weighted by molar-refractivity contribution is 5.81. The number of hydrogen-bond acceptors (Lipinski definition) is 3. The molecular weight excluding hydrogens is 178 g/mol. The van der Waals surface area contributed by atoms with Gasteiger partial charge in [0.1, 0.15) is 0 Å². The molecule has 1 amide bonds. The van der Waals surface area contributed by atoms with Crippen LogP contribution in [0.1, 0.15) is 33.1 Å². The van der Waals surface area contributed by atoms with Gasteiger partial charge in [0.05, 0.1) is 6.04 Å². The maximum absolute atomic E-state index is 11.4. The molecule has 0 saturated carbocycles. The van der Waals surface area contributed by atoms with Crippen molar-refractivity contribution in [2.24, 2.45) is 17.4 Å². The van der Waals surface area contributed by atoms with Crippen molar-refractivity contribution in [3.05, 3.63) is 0 Å². The highest BCUT2D eigenvalue weighted by atomic mass is 16.2. The monoisotopic (exact) mass is 201 g/mol. The maximum Gasteiger partial charge on any atom is 0.236 e. The van der Waals surface area contributed by atoms with E-state index in [0.29, 0.717) is 25.4 Å². The molecule has 0 aromatic heterocycles. The Morgan fingerprint density at radius 3 is 2.50 bits per heavy atom. The number of hydrogen-bond donors (Lipinski definition) is 3. The summed E-state index contributed by atoms with van der Waals surface area (Å²) in [5, 5.41) is 2.82. The van der Waals surface area contributed by atoms with Crippen molar-refractivity contribution >= 4 is 5.91 Å². The van der Waals surface area contributed by atoms with E-state index in [1.807, 2.05) is 0 Å². The minimum absolute atomic E-state index is 0.0564. The fraction of sp³-hybridized carbons (Fsp3) is 0.900. The highest BCUT2D eigenvalue weighted by Crippen LogP contribution is 1.97. The summed E-state index contributed by atoms with van der Waals surface area (Å²) in [6.07, 6.45) is 2.47. The molecule has 0 heterocycles. The van der Waals surface area contributed by atoms with Gasteiger partial charge in [0, 0.05) is 6.54 Å². The molecule has 1 atom stereocenters. The van der Waals surface area contributed by atoms with Crippen LogP contribution in [0.5, 0.6) is 0 Å². The van der Waals surface area contributed by atoms with Gasteiger partial charge >= 0.3 is 0 Å². The molecule has 0 spiro atoms. The molecular formula is C10H23N3O. The Hall–Kier alpha value is -0.610. The maximum atomic E-state index is 11.4. The SMILES string of the molecule is CC(C)CCNC(=O)[C@H](N)CCCN. The van der Waals surface area contributed by atoms with Crippen LogP contribution < -0.4 is 16.8 Å². The molecule has 0 aliphatic heterocycles. The van der Waals surface area contributed by atoms with Gasteiger partial charge in [-0.05, 0) is 31.7 Å². The lowest BCUT2D eigenvalue weighted by Crippen LogP contribution is -2.41. The Balaban J connectivity index is 3.52. The average Bonchev–Trinajstić information content (AvgIpc) is 2.13. The number of carbonyl (C=O) groups is 1. The molecule has 0 rings (SSSR count). The number of carbonyl (C=O) groups excluding carboxylic acids is 1. The van der Waals surface area contributed by atoms with Crippen molar-refractivity contribution < 1.29 is 4.79 Å². The Kier molecular flexibility index (Phi) is 7.42. The Labute approximate surface area is 86.4 Å². The Bertz CT molecular complexity index is 159. The first-order chi connectivity index (χ1) is 6.57. The van der Waals surface area contributed by atoms with E-state index in [4.69, 9.17) is 11.5 Å². The van der Waals surface area contributed by atoms with Gasteiger partial charge in [0.15, 0.2) is 0 Å². The van der Waals surface area contributed by atoms with Crippen LogP contribution in [0.4, 0.5) is 0 Å². The van der Waals surface area contributed by atoms with Gasteiger partial charge in [-0.2, -0.15) is 0 Å². The van der Waals surface area contributed by atoms with Crippen LogP contribution in [0.3, 0.4) is 0 Å². The van der Waals surface area contributed by atoms with Gasteiger partial charge in [0.2, 0.25) is 5.91 Å². The molecule has 0 aliphatic rings. The third kappa shape index (κ3) is 6.86. The molecule has 5 N–H and O–H groups in total. The van der Waals surface area contributed by atoms with Crippen molar-refractivity contribution in [1.29, 1.82) is 0 Å². The summed E-state index contributed by atoms with van der Waals surface area (Å²) in [6, 6.07) is -0.397. The number of nitrogens with two attached hydrogens (primary N) is 2. The van der Waals surface area contributed by atoms with Gasteiger partial charge in [-0.3, -0.25) is 4.79 Å². The summed E-state index contributed by atoms with van der Waals surface area (Å²) in [4.78, 5) is 11.4. The second-order valence-electron chi connectivity index (χ2n) is 4.01. The zero-order valence-corrected chi connectivity index (χ0v) is 9.25. The first-order valence-electron chi connectivity index (χ1n) is 5.31. The number of rotatable bonds is 7. The number of nitrogens with one attached hydrogen (secondary N) is 1. The van der Waals surface area contributed by atoms with Crippen LogP contribution in [0.2, 0.25) is 0 Å². The second-order valence-corrected chi connectivity index (χ2v) is 4.01. The van der Waals surface area contributed by atoms with Crippen LogP contribution in [-0.4, -0.2) is 25.0 Å². The average molecular weight is 201 g/mol. The quantitative estimate of drug-likeness (QED) is 0.551. The fourth-order valence-corrected chi connectivity index (χ4v) is 1.08. The van der Waals surface area contributed by atoms with Gasteiger partial charge in [0.25, 0.3) is 0 Å². The third-order valence-electron chi connectivity index (χ3n) is 2.08. The molecule has 0 fully saturated rings. The molecule has 0 radical (unpaired) electrons. The first kappa shape index (κ1) is 13.4. The first-order valence-corrected chi connectivity index (χ1v) is 5.31.